The van der Waals surface area contributed by atoms with Crippen LogP contribution in [0.5, 0.6) is 0 Å². The first kappa shape index (κ1) is 16.6. The Hall–Kier alpha value is -1.73. The molecule has 1 heterocycles. The van der Waals surface area contributed by atoms with Crippen molar-refractivity contribution in [2.24, 2.45) is 5.41 Å². The topological polar surface area (TPSA) is 80.8 Å². The first-order valence-corrected chi connectivity index (χ1v) is 8.37. The average Bonchev–Trinajstić information content (AvgIpc) is 2.50. The van der Waals surface area contributed by atoms with Crippen molar-refractivity contribution in [2.45, 2.75) is 37.8 Å². The number of sulfonamides is 1. The summed E-state index contributed by atoms with van der Waals surface area (Å²) in [5.41, 5.74) is -1.34. The maximum Gasteiger partial charge on any atom is 0.268 e. The van der Waals surface area contributed by atoms with Gasteiger partial charge in [-0.1, -0.05) is 18.2 Å². The molecule has 7 heteroatoms. The van der Waals surface area contributed by atoms with Crippen molar-refractivity contribution in [3.63, 3.8) is 0 Å². The zero-order valence-corrected chi connectivity index (χ0v) is 13.6. The average molecular weight is 325 g/mol. The van der Waals surface area contributed by atoms with Gasteiger partial charge in [0.1, 0.15) is 17.4 Å². The van der Waals surface area contributed by atoms with Crippen LogP contribution in [-0.4, -0.2) is 37.8 Å². The molecule has 0 N–H and O–H groups in total. The second-order valence-corrected chi connectivity index (χ2v) is 7.35. The first-order valence-electron chi connectivity index (χ1n) is 6.93. The molecule has 1 fully saturated rings. The molecule has 0 aliphatic carbocycles. The summed E-state index contributed by atoms with van der Waals surface area (Å²) in [4.78, 5) is 24.6. The SMILES string of the molecule is CO[C@H]1CC[C@](C)(C(C)=O)C(=O)N1S(=O)(=O)c1ccccc1. The number of hydrogen-bond donors (Lipinski definition) is 0. The van der Waals surface area contributed by atoms with E-state index >= 15 is 0 Å². The van der Waals surface area contributed by atoms with Gasteiger partial charge >= 0.3 is 0 Å². The van der Waals surface area contributed by atoms with E-state index in [9.17, 15) is 18.0 Å². The van der Waals surface area contributed by atoms with Crippen molar-refractivity contribution in [1.82, 2.24) is 4.31 Å². The van der Waals surface area contributed by atoms with Crippen molar-refractivity contribution in [2.75, 3.05) is 7.11 Å². The monoisotopic (exact) mass is 325 g/mol. The third kappa shape index (κ3) is 2.55. The summed E-state index contributed by atoms with van der Waals surface area (Å²) in [5, 5.41) is 0. The fraction of sp³-hybridized carbons (Fsp3) is 0.467. The van der Waals surface area contributed by atoms with Crippen molar-refractivity contribution in [3.8, 4) is 0 Å². The Balaban J connectivity index is 2.53. The summed E-state index contributed by atoms with van der Waals surface area (Å²) < 4.78 is 31.5. The minimum Gasteiger partial charge on any atom is -0.360 e. The molecular formula is C15H19NO5S. The lowest BCUT2D eigenvalue weighted by Crippen LogP contribution is -2.57. The lowest BCUT2D eigenvalue weighted by molar-refractivity contribution is -0.157. The number of carbonyl (C=O) groups is 2. The van der Waals surface area contributed by atoms with E-state index in [2.05, 4.69) is 0 Å². The van der Waals surface area contributed by atoms with Gasteiger partial charge in [0.25, 0.3) is 15.9 Å². The largest absolute Gasteiger partial charge is 0.360 e. The van der Waals surface area contributed by atoms with E-state index in [4.69, 9.17) is 4.74 Å². The lowest BCUT2D eigenvalue weighted by Gasteiger charge is -2.41. The molecular weight excluding hydrogens is 306 g/mol. The van der Waals surface area contributed by atoms with Crippen LogP contribution in [0, 0.1) is 5.41 Å². The number of nitrogens with zero attached hydrogens (tertiary/aromatic N) is 1. The summed E-state index contributed by atoms with van der Waals surface area (Å²) >= 11 is 0. The number of amides is 1. The molecule has 1 aliphatic rings. The fourth-order valence-corrected chi connectivity index (χ4v) is 4.17. The number of hydrogen-bond acceptors (Lipinski definition) is 5. The Morgan fingerprint density at radius 3 is 2.41 bits per heavy atom. The maximum absolute atomic E-state index is 12.8. The van der Waals surface area contributed by atoms with Crippen molar-refractivity contribution in [3.05, 3.63) is 30.3 Å². The smallest absolute Gasteiger partial charge is 0.268 e. The maximum atomic E-state index is 12.8. The van der Waals surface area contributed by atoms with Gasteiger partial charge in [-0.3, -0.25) is 9.59 Å². The molecule has 0 aromatic heterocycles. The number of piperidine rings is 1. The number of rotatable bonds is 4. The summed E-state index contributed by atoms with van der Waals surface area (Å²) in [6.45, 7) is 2.79. The standard InChI is InChI=1S/C15H19NO5S/c1-11(17)15(2)10-9-13(21-3)16(14(15)18)22(19,20)12-7-5-4-6-8-12/h4-8,13H,9-10H2,1-3H3/t13-,15+/m0/s1. The number of carbonyl (C=O) groups excluding carboxylic acids is 2. The normalized spacial score (nSPS) is 26.0. The second kappa shape index (κ2) is 5.81. The predicted molar refractivity (Wildman–Crippen MR) is 79.3 cm³/mol. The van der Waals surface area contributed by atoms with Gasteiger partial charge in [0.15, 0.2) is 0 Å². The number of ether oxygens (including phenoxy) is 1. The molecule has 0 bridgehead atoms. The summed E-state index contributed by atoms with van der Waals surface area (Å²) in [6, 6.07) is 7.66. The van der Waals surface area contributed by atoms with E-state index in [0.29, 0.717) is 4.31 Å². The Labute approximate surface area is 130 Å². The van der Waals surface area contributed by atoms with Crippen LogP contribution in [0.15, 0.2) is 35.2 Å². The summed E-state index contributed by atoms with van der Waals surface area (Å²) in [6.07, 6.45) is -0.352. The fourth-order valence-electron chi connectivity index (χ4n) is 2.52. The first-order chi connectivity index (χ1) is 10.2. The van der Waals surface area contributed by atoms with Gasteiger partial charge in [-0.25, -0.2) is 12.7 Å². The zero-order chi connectivity index (χ0) is 16.5. The Kier molecular flexibility index (Phi) is 4.39. The Bertz CT molecular complexity index is 685. The van der Waals surface area contributed by atoms with E-state index in [0.717, 1.165) is 0 Å². The highest BCUT2D eigenvalue weighted by atomic mass is 32.2. The molecule has 22 heavy (non-hydrogen) atoms. The van der Waals surface area contributed by atoms with Gasteiger partial charge in [-0.15, -0.1) is 0 Å². The van der Waals surface area contributed by atoms with E-state index in [-0.39, 0.29) is 23.5 Å². The molecule has 2 rings (SSSR count). The third-order valence-electron chi connectivity index (χ3n) is 4.17. The number of ketones is 1. The molecule has 0 unspecified atom stereocenters. The van der Waals surface area contributed by atoms with E-state index in [1.165, 1.54) is 33.1 Å². The molecule has 1 aromatic rings. The van der Waals surface area contributed by atoms with Crippen molar-refractivity contribution < 1.29 is 22.7 Å². The zero-order valence-electron chi connectivity index (χ0n) is 12.8. The molecule has 0 radical (unpaired) electrons. The van der Waals surface area contributed by atoms with Crippen molar-refractivity contribution >= 4 is 21.7 Å². The molecule has 1 aliphatic heterocycles. The highest BCUT2D eigenvalue weighted by Gasteiger charge is 2.51. The Morgan fingerprint density at radius 2 is 1.91 bits per heavy atom. The molecule has 2 atom stereocenters. The van der Waals surface area contributed by atoms with Gasteiger partial charge < -0.3 is 4.74 Å². The van der Waals surface area contributed by atoms with Crippen LogP contribution in [0.3, 0.4) is 0 Å². The summed E-state index contributed by atoms with van der Waals surface area (Å²) in [7, 11) is -2.72. The van der Waals surface area contributed by atoms with Crippen LogP contribution < -0.4 is 0 Å². The minimum absolute atomic E-state index is 0.00166. The number of methoxy groups -OCH3 is 1. The van der Waals surface area contributed by atoms with Crippen LogP contribution >= 0.6 is 0 Å². The molecule has 1 aromatic carbocycles. The predicted octanol–water partition coefficient (Wildman–Crippen LogP) is 1.57. The lowest BCUT2D eigenvalue weighted by atomic mass is 9.78. The Morgan fingerprint density at radius 1 is 1.32 bits per heavy atom. The van der Waals surface area contributed by atoms with Crippen LogP contribution in [0.25, 0.3) is 0 Å². The van der Waals surface area contributed by atoms with E-state index in [1.807, 2.05) is 0 Å². The van der Waals surface area contributed by atoms with Gasteiger partial charge in [-0.05, 0) is 38.8 Å². The number of Topliss-reactive ketones (excluding diaryl/α,β-unsaturated/α-hetero) is 1. The van der Waals surface area contributed by atoms with Crippen LogP contribution in [0.2, 0.25) is 0 Å². The highest BCUT2D eigenvalue weighted by Crippen LogP contribution is 2.38. The minimum atomic E-state index is -4.07. The van der Waals surface area contributed by atoms with Crippen LogP contribution in [-0.2, 0) is 24.3 Å². The van der Waals surface area contributed by atoms with E-state index < -0.39 is 27.6 Å². The van der Waals surface area contributed by atoms with Gasteiger partial charge in [0.2, 0.25) is 0 Å². The van der Waals surface area contributed by atoms with Gasteiger partial charge in [0, 0.05) is 7.11 Å². The van der Waals surface area contributed by atoms with E-state index in [1.54, 1.807) is 18.2 Å². The quantitative estimate of drug-likeness (QED) is 0.785. The van der Waals surface area contributed by atoms with Crippen LogP contribution in [0.1, 0.15) is 26.7 Å². The third-order valence-corrected chi connectivity index (χ3v) is 5.96. The summed E-state index contributed by atoms with van der Waals surface area (Å²) in [5.74, 6) is -1.08. The molecule has 1 saturated heterocycles. The molecule has 6 nitrogen and oxygen atoms in total. The highest BCUT2D eigenvalue weighted by molar-refractivity contribution is 7.89. The molecule has 0 saturated carbocycles. The molecule has 1 amide bonds. The second-order valence-electron chi connectivity index (χ2n) is 5.54. The molecule has 120 valence electrons. The number of benzene rings is 1. The van der Waals surface area contributed by atoms with Gasteiger partial charge in [0.05, 0.1) is 4.90 Å². The van der Waals surface area contributed by atoms with Gasteiger partial charge in [-0.2, -0.15) is 0 Å². The van der Waals surface area contributed by atoms with Crippen molar-refractivity contribution in [1.29, 1.82) is 0 Å². The van der Waals surface area contributed by atoms with Crippen LogP contribution in [0.4, 0.5) is 0 Å². The molecule has 0 spiro atoms.